The molecule has 0 saturated heterocycles. The van der Waals surface area contributed by atoms with E-state index in [-0.39, 0.29) is 51.0 Å². The van der Waals surface area contributed by atoms with Gasteiger partial charge in [0.05, 0.1) is 0 Å². The lowest BCUT2D eigenvalue weighted by molar-refractivity contribution is -0.133. The number of unbranched alkanes of at least 4 members (excludes halogenated alkanes) is 49. The molecule has 0 bridgehead atoms. The van der Waals surface area contributed by atoms with Crippen LogP contribution in [0, 0.1) is 0 Å². The predicted molar refractivity (Wildman–Crippen MR) is 502 cm³/mol. The van der Waals surface area contributed by atoms with Crippen molar-refractivity contribution in [1.82, 2.24) is 37.7 Å². The van der Waals surface area contributed by atoms with Crippen LogP contribution in [0.1, 0.15) is 445 Å². The summed E-state index contributed by atoms with van der Waals surface area (Å²) >= 11 is 0. The highest BCUT2D eigenvalue weighted by atomic mass is 16.2. The van der Waals surface area contributed by atoms with Crippen LogP contribution in [0.25, 0.3) is 0 Å². The van der Waals surface area contributed by atoms with Gasteiger partial charge in [0.15, 0.2) is 11.9 Å². The summed E-state index contributed by atoms with van der Waals surface area (Å²) in [6.07, 6.45) is 88.9. The van der Waals surface area contributed by atoms with E-state index in [4.69, 9.17) is 22.9 Å². The van der Waals surface area contributed by atoms with Crippen LogP contribution in [-0.2, 0) is 33.6 Å². The molecular formula is C95H175N17O7. The molecule has 7 amide bonds. The molecule has 0 aromatic heterocycles. The summed E-state index contributed by atoms with van der Waals surface area (Å²) in [5, 5.41) is 24.9. The van der Waals surface area contributed by atoms with Gasteiger partial charge in [0.1, 0.15) is 24.2 Å². The highest BCUT2D eigenvalue weighted by Gasteiger charge is 2.31. The highest BCUT2D eigenvalue weighted by Crippen LogP contribution is 2.18. The molecule has 0 aromatic carbocycles. The normalized spacial score (nSPS) is 12.9. The summed E-state index contributed by atoms with van der Waals surface area (Å²) in [5.41, 5.74) is 33.0. The molecular weight excluding hydrogens is 1490 g/mol. The molecule has 0 rings (SSSR count). The van der Waals surface area contributed by atoms with Gasteiger partial charge in [0, 0.05) is 50.7 Å². The first-order chi connectivity index (χ1) is 58.2. The second-order valence-electron chi connectivity index (χ2n) is 32.5. The second kappa shape index (κ2) is 88.3. The first kappa shape index (κ1) is 111. The van der Waals surface area contributed by atoms with E-state index in [9.17, 15) is 33.6 Å². The Hall–Kier alpha value is -7.53. The lowest BCUT2D eigenvalue weighted by Gasteiger charge is -2.24. The van der Waals surface area contributed by atoms with Crippen molar-refractivity contribution in [1.29, 1.82) is 0 Å². The van der Waals surface area contributed by atoms with Crippen molar-refractivity contribution in [3.63, 3.8) is 0 Å². The van der Waals surface area contributed by atoms with Gasteiger partial charge in [-0.15, -0.1) is 0 Å². The number of rotatable bonds is 86. The quantitative estimate of drug-likeness (QED) is 0.00893. The zero-order valence-electron chi connectivity index (χ0n) is 75.8. The van der Waals surface area contributed by atoms with E-state index in [2.05, 4.69) is 144 Å². The number of nitrogens with two attached hydrogens (primary N) is 4. The second-order valence-corrected chi connectivity index (χ2v) is 32.5. The summed E-state index contributed by atoms with van der Waals surface area (Å²) in [5.74, 6) is -5.21. The molecule has 682 valence electrons. The fourth-order valence-corrected chi connectivity index (χ4v) is 13.7. The maximum absolute atomic E-state index is 14.8. The number of nitrogens with one attached hydrogen (secondary N) is 7. The molecule has 0 radical (unpaired) electrons. The first-order valence-corrected chi connectivity index (χ1v) is 48.1. The van der Waals surface area contributed by atoms with Gasteiger partial charge in [-0.1, -0.05) is 282 Å². The topological polar surface area (TPSA) is 382 Å². The Labute approximate surface area is 723 Å². The van der Waals surface area contributed by atoms with E-state index in [1.165, 1.54) is 231 Å². The number of carbonyl (C=O) groups is 7. The fraction of sp³-hybridized carbons (Fsp3) is 0.779. The van der Waals surface area contributed by atoms with Crippen molar-refractivity contribution in [2.45, 2.75) is 469 Å². The summed E-state index contributed by atoms with van der Waals surface area (Å²) in [6, 6.07) is -5.36. The van der Waals surface area contributed by atoms with Crippen LogP contribution in [0.4, 0.5) is 0 Å². The average Bonchev–Trinajstić information content (AvgIpc) is 0.866. The number of hydrogen-bond donors (Lipinski definition) is 11. The molecule has 15 N–H and O–H groups in total. The molecule has 119 heavy (non-hydrogen) atoms. The highest BCUT2D eigenvalue weighted by molar-refractivity contribution is 5.95. The number of aliphatic imine (C=N–C) groups is 2. The van der Waals surface area contributed by atoms with E-state index in [0.717, 1.165) is 103 Å². The third-order valence-corrected chi connectivity index (χ3v) is 21.2. The predicted octanol–water partition coefficient (Wildman–Crippen LogP) is 20.4. The van der Waals surface area contributed by atoms with Gasteiger partial charge in [-0.05, 0) is 193 Å². The average molecular weight is 1670 g/mol. The largest absolute Gasteiger partial charge is 0.370 e. The Balaban J connectivity index is 6.58. The molecule has 0 unspecified atom stereocenters. The first-order valence-electron chi connectivity index (χ1n) is 48.1. The number of allylic oxidation sites excluding steroid dienone is 8. The van der Waals surface area contributed by atoms with E-state index in [1.807, 2.05) is 0 Å². The van der Waals surface area contributed by atoms with Gasteiger partial charge in [-0.25, -0.2) is 26.7 Å². The Morgan fingerprint density at radius 2 is 0.504 bits per heavy atom. The van der Waals surface area contributed by atoms with Gasteiger partial charge in [-0.2, -0.15) is 20.4 Å². The van der Waals surface area contributed by atoms with E-state index in [1.54, 1.807) is 24.9 Å². The minimum atomic E-state index is -1.51. The zero-order valence-corrected chi connectivity index (χ0v) is 75.8. The van der Waals surface area contributed by atoms with Crippen molar-refractivity contribution in [3.05, 3.63) is 48.6 Å². The van der Waals surface area contributed by atoms with Crippen molar-refractivity contribution in [3.8, 4) is 0 Å². The number of amides is 7. The molecule has 4 atom stereocenters. The zero-order chi connectivity index (χ0) is 86.9. The maximum atomic E-state index is 14.8. The Morgan fingerprint density at radius 1 is 0.252 bits per heavy atom. The Morgan fingerprint density at radius 3 is 0.807 bits per heavy atom. The molecule has 24 heteroatoms. The van der Waals surface area contributed by atoms with Crippen LogP contribution in [0.2, 0.25) is 0 Å². The molecule has 24 nitrogen and oxygen atoms in total. The Kier molecular flexibility index (Phi) is 82.7. The van der Waals surface area contributed by atoms with Crippen molar-refractivity contribution in [2.75, 3.05) is 6.54 Å². The fourth-order valence-electron chi connectivity index (χ4n) is 13.7. The van der Waals surface area contributed by atoms with Crippen molar-refractivity contribution >= 4 is 78.1 Å². The molecule has 0 aliphatic rings. The summed E-state index contributed by atoms with van der Waals surface area (Å²) in [7, 11) is 0. The van der Waals surface area contributed by atoms with Crippen LogP contribution in [-0.4, -0.2) is 109 Å². The molecule has 0 aliphatic heterocycles. The third kappa shape index (κ3) is 80.0. The molecule has 0 fully saturated rings. The van der Waals surface area contributed by atoms with Gasteiger partial charge in [-0.3, -0.25) is 38.6 Å². The molecule has 0 aliphatic carbocycles. The van der Waals surface area contributed by atoms with Crippen LogP contribution in [0.15, 0.2) is 79.0 Å². The van der Waals surface area contributed by atoms with Crippen molar-refractivity contribution in [2.24, 2.45) is 53.3 Å². The van der Waals surface area contributed by atoms with Crippen LogP contribution >= 0.6 is 0 Å². The smallest absolute Gasteiger partial charge is 0.262 e. The van der Waals surface area contributed by atoms with Crippen LogP contribution < -0.4 is 60.6 Å². The third-order valence-electron chi connectivity index (χ3n) is 21.2. The van der Waals surface area contributed by atoms with Gasteiger partial charge in [0.2, 0.25) is 29.5 Å². The Bertz CT molecular complexity index is 2780. The van der Waals surface area contributed by atoms with E-state index < -0.39 is 77.9 Å². The molecule has 0 aromatic rings. The van der Waals surface area contributed by atoms with E-state index in [0.29, 0.717) is 38.5 Å². The number of hydrazone groups is 4. The van der Waals surface area contributed by atoms with Crippen molar-refractivity contribution < 1.29 is 33.6 Å². The minimum absolute atomic E-state index is 0.0920. The molecule has 0 heterocycles. The lowest BCUT2D eigenvalue weighted by Crippen LogP contribution is -2.55. The number of nitrogens with zero attached hydrogens (tertiary/aromatic N) is 6. The maximum Gasteiger partial charge on any atom is 0.262 e. The van der Waals surface area contributed by atoms with E-state index >= 15 is 0 Å². The minimum Gasteiger partial charge on any atom is -0.370 e. The van der Waals surface area contributed by atoms with Gasteiger partial charge in [0.25, 0.3) is 11.8 Å². The van der Waals surface area contributed by atoms with Crippen LogP contribution in [0.3, 0.4) is 0 Å². The summed E-state index contributed by atoms with van der Waals surface area (Å²) in [4.78, 5) is 106. The molecule has 0 saturated carbocycles. The SMILES string of the molecule is CCCCCCCCCCC/C=C\CCCC/C=N/NC(=O)CC[C@H](NC(=O)CC[C@H](NC(=O)[C@H](CCCCN=C(N)N)N=C(N)N)C(=O)N[C@@H](CCC(=O)N/N=C/CCCC/C=C\CCCCCCCCCCC)C(=O)N/N=C/CCCC/C=C\CCCCCCCCCCC)C(=O)N/N=C/CCCC/C=C\CCCCCCCCCCC. The lowest BCUT2D eigenvalue weighted by atomic mass is 10.0. The standard InChI is InChI=1S/C95H175N17O7/c1-5-9-13-17-21-25-29-33-37-41-45-49-53-57-61-66-79-101-109-88(114)76-73-85(92(118)111-103-81-68-63-59-55-51-47-43-39-35-31-27-23-19-15-11-7-3)105-87(113)75-72-84(106-90(116)83(108-95(98)99)71-65-70-78-100-94(96)97)91(117)107-86(93(119)112-104-82-69-64-60-56-52-48-44-40-36-32-28-24-20-16-12-8-4)74-77-89(115)110-102-80-67-62-58-54-50-46-42-38-34-30-26-22-18-14-10-6-2/h45-52,79-86H,5-44,53-78H2,1-4H3,(H,105,113)(H,106,116)(H,107,117)(H,109,114)(H,110,115)(H,111,118)(H,112,119)(H4,96,97,100)(H4,98,99,108)/b49-45-,50-46-,51-47-,52-48-,101-79+,102-80+,103-81+,104-82+/t83-,84-,85-,86-/m0/s1. The number of guanidine groups is 2. The number of hydrogen-bond acceptors (Lipinski definition) is 13. The van der Waals surface area contributed by atoms with Crippen LogP contribution in [0.5, 0.6) is 0 Å². The van der Waals surface area contributed by atoms with Gasteiger partial charge >= 0.3 is 0 Å². The number of carbonyl (C=O) groups excluding carboxylic acids is 7. The molecule has 0 spiro atoms. The summed E-state index contributed by atoms with van der Waals surface area (Å²) < 4.78 is 0. The summed E-state index contributed by atoms with van der Waals surface area (Å²) in [6.45, 7) is 9.27. The van der Waals surface area contributed by atoms with Gasteiger partial charge < -0.3 is 38.9 Å². The monoisotopic (exact) mass is 1670 g/mol.